The molecule has 434 valence electrons. The van der Waals surface area contributed by atoms with Crippen LogP contribution in [0.5, 0.6) is 0 Å². The second-order valence-corrected chi connectivity index (χ2v) is 24.9. The number of phosphoric acid groups is 1. The Morgan fingerprint density at radius 1 is 0.466 bits per heavy atom. The number of hydrogen-bond donors (Lipinski definition) is 2. The highest BCUT2D eigenvalue weighted by Crippen LogP contribution is 2.38. The Kier molecular flexibility index (Phi) is 54.9. The molecule has 9 heteroatoms. The molecule has 0 radical (unpaired) electrons. The van der Waals surface area contributed by atoms with Crippen molar-refractivity contribution in [1.29, 1.82) is 0 Å². The molecule has 0 aliphatic heterocycles. The number of nitrogens with zero attached hydrogens (tertiary/aromatic N) is 1. The Bertz CT molecular complexity index is 1240. The van der Waals surface area contributed by atoms with Gasteiger partial charge in [-0.15, -0.1) is 0 Å². The predicted molar refractivity (Wildman–Crippen MR) is 316 cm³/mol. The van der Waals surface area contributed by atoms with E-state index in [1.54, 1.807) is 6.08 Å². The van der Waals surface area contributed by atoms with E-state index >= 15 is 0 Å². The fourth-order valence-electron chi connectivity index (χ4n) is 9.88. The summed E-state index contributed by atoms with van der Waals surface area (Å²) in [5.41, 5.74) is 0. The van der Waals surface area contributed by atoms with Gasteiger partial charge in [0.1, 0.15) is 13.2 Å². The van der Waals surface area contributed by atoms with Gasteiger partial charge in [-0.2, -0.15) is 0 Å². The van der Waals surface area contributed by atoms with Crippen LogP contribution in [0.3, 0.4) is 0 Å². The summed E-state index contributed by atoms with van der Waals surface area (Å²) in [5.74, 6) is -0.199. The zero-order valence-electron chi connectivity index (χ0n) is 49.6. The van der Waals surface area contributed by atoms with Crippen LogP contribution in [0.2, 0.25) is 0 Å². The van der Waals surface area contributed by atoms with Crippen molar-refractivity contribution in [3.05, 3.63) is 24.3 Å². The number of aliphatic hydroxyl groups excluding tert-OH is 1. The van der Waals surface area contributed by atoms with Crippen molar-refractivity contribution in [2.24, 2.45) is 0 Å². The van der Waals surface area contributed by atoms with Crippen molar-refractivity contribution in [2.75, 3.05) is 40.9 Å². The number of hydrogen-bond acceptors (Lipinski definition) is 6. The maximum Gasteiger partial charge on any atom is 0.268 e. The largest absolute Gasteiger partial charge is 0.756 e. The molecule has 73 heavy (non-hydrogen) atoms. The molecule has 0 saturated heterocycles. The Morgan fingerprint density at radius 3 is 1.11 bits per heavy atom. The van der Waals surface area contributed by atoms with E-state index < -0.39 is 20.0 Å². The molecule has 0 aliphatic rings. The van der Waals surface area contributed by atoms with E-state index in [0.29, 0.717) is 17.4 Å². The van der Waals surface area contributed by atoms with Gasteiger partial charge >= 0.3 is 0 Å². The van der Waals surface area contributed by atoms with Crippen molar-refractivity contribution in [3.8, 4) is 0 Å². The zero-order valence-corrected chi connectivity index (χ0v) is 50.5. The third-order valence-corrected chi connectivity index (χ3v) is 15.9. The first-order chi connectivity index (χ1) is 35.5. The molecule has 3 unspecified atom stereocenters. The number of aliphatic hydroxyl groups is 1. The number of amides is 1. The number of quaternary nitrogens is 1. The lowest BCUT2D eigenvalue weighted by atomic mass is 10.0. The molecule has 0 aromatic rings. The molecule has 2 N–H and O–H groups in total. The first-order valence-electron chi connectivity index (χ1n) is 32.2. The summed E-state index contributed by atoms with van der Waals surface area (Å²) in [6.45, 7) is 4.68. The molecule has 0 rings (SSSR count). The van der Waals surface area contributed by atoms with E-state index in [1.165, 1.54) is 270 Å². The lowest BCUT2D eigenvalue weighted by Crippen LogP contribution is -2.45. The standard InChI is InChI=1S/C64H127N2O6P/c1-6-8-10-12-14-16-18-20-22-24-26-28-29-30-31-32-33-34-35-36-38-40-42-44-46-48-50-52-54-56-58-64(68)65-62(61-72-73(69,70)71-60-59-66(3,4)5)63(67)57-55-53-51-49-47-45-43-41-39-37-27-25-23-21-19-17-15-13-11-9-7-2/h47,49,55,57,62-63,67H,6-46,48,50-54,56,58-61H2,1-5H3,(H-,65,68,69,70)/b49-47+,57-55+. The molecule has 0 saturated carbocycles. The third-order valence-electron chi connectivity index (χ3n) is 14.9. The van der Waals surface area contributed by atoms with E-state index in [4.69, 9.17) is 9.05 Å². The SMILES string of the molecule is CCCCCCCCCCCCCCCCC/C=C/CC/C=C/C(O)C(COP(=O)([O-])OCC[N+](C)(C)C)NC(=O)CCCCCCCCCCCCCCCCCCCCCCCCCCCCCCCC. The van der Waals surface area contributed by atoms with Gasteiger partial charge in [-0.05, 0) is 32.1 Å². The second kappa shape index (κ2) is 55.7. The van der Waals surface area contributed by atoms with Gasteiger partial charge in [-0.25, -0.2) is 0 Å². The second-order valence-electron chi connectivity index (χ2n) is 23.5. The molecule has 0 aromatic carbocycles. The molecule has 0 aliphatic carbocycles. The van der Waals surface area contributed by atoms with Gasteiger partial charge < -0.3 is 28.8 Å². The van der Waals surface area contributed by atoms with Crippen LogP contribution in [0.25, 0.3) is 0 Å². The number of allylic oxidation sites excluding steroid dienone is 3. The van der Waals surface area contributed by atoms with Gasteiger partial charge in [0.05, 0.1) is 39.9 Å². The van der Waals surface area contributed by atoms with E-state index in [2.05, 4.69) is 31.3 Å². The van der Waals surface area contributed by atoms with Gasteiger partial charge in [0, 0.05) is 6.42 Å². The van der Waals surface area contributed by atoms with Crippen LogP contribution >= 0.6 is 7.82 Å². The number of nitrogens with one attached hydrogen (secondary N) is 1. The summed E-state index contributed by atoms with van der Waals surface area (Å²) < 4.78 is 23.4. The first kappa shape index (κ1) is 72.0. The van der Waals surface area contributed by atoms with Crippen LogP contribution in [0, 0.1) is 0 Å². The van der Waals surface area contributed by atoms with Crippen molar-refractivity contribution in [3.63, 3.8) is 0 Å². The maximum absolute atomic E-state index is 13.0. The summed E-state index contributed by atoms with van der Waals surface area (Å²) >= 11 is 0. The summed E-state index contributed by atoms with van der Waals surface area (Å²) in [4.78, 5) is 25.6. The fraction of sp³-hybridized carbons (Fsp3) is 0.922. The molecule has 8 nitrogen and oxygen atoms in total. The van der Waals surface area contributed by atoms with Crippen molar-refractivity contribution >= 4 is 13.7 Å². The molecular weight excluding hydrogens is 924 g/mol. The highest BCUT2D eigenvalue weighted by molar-refractivity contribution is 7.45. The van der Waals surface area contributed by atoms with Gasteiger partial charge in [0.2, 0.25) is 5.91 Å². The summed E-state index contributed by atoms with van der Waals surface area (Å²) in [6.07, 6.45) is 71.5. The first-order valence-corrected chi connectivity index (χ1v) is 33.7. The van der Waals surface area contributed by atoms with Crippen LogP contribution in [0.1, 0.15) is 328 Å². The molecule has 0 aromatic heterocycles. The number of rotatable bonds is 60. The Hall–Kier alpha value is -1.02. The lowest BCUT2D eigenvalue weighted by molar-refractivity contribution is -0.870. The van der Waals surface area contributed by atoms with Crippen LogP contribution in [0.4, 0.5) is 0 Å². The monoisotopic (exact) mass is 1050 g/mol. The Morgan fingerprint density at radius 2 is 0.767 bits per heavy atom. The molecular formula is C64H127N2O6P. The van der Waals surface area contributed by atoms with E-state index in [-0.39, 0.29) is 19.1 Å². The average Bonchev–Trinajstić information content (AvgIpc) is 3.35. The topological polar surface area (TPSA) is 108 Å². The van der Waals surface area contributed by atoms with Crippen LogP contribution in [-0.4, -0.2) is 68.5 Å². The number of likely N-dealkylation sites (N-methyl/N-ethyl adjacent to an activating group) is 1. The minimum atomic E-state index is -4.60. The molecule has 1 amide bonds. The lowest BCUT2D eigenvalue weighted by Gasteiger charge is -2.29. The summed E-state index contributed by atoms with van der Waals surface area (Å²) in [7, 11) is 1.26. The van der Waals surface area contributed by atoms with Crippen LogP contribution in [-0.2, 0) is 18.4 Å². The zero-order chi connectivity index (χ0) is 53.5. The molecule has 3 atom stereocenters. The van der Waals surface area contributed by atoms with Gasteiger partial charge in [0.25, 0.3) is 7.82 Å². The van der Waals surface area contributed by atoms with Crippen LogP contribution in [0.15, 0.2) is 24.3 Å². The van der Waals surface area contributed by atoms with Crippen LogP contribution < -0.4 is 10.2 Å². The van der Waals surface area contributed by atoms with Gasteiger partial charge in [-0.3, -0.25) is 9.36 Å². The number of carbonyl (C=O) groups is 1. The predicted octanol–water partition coefficient (Wildman–Crippen LogP) is 19.3. The van der Waals surface area contributed by atoms with Crippen molar-refractivity contribution in [2.45, 2.75) is 341 Å². The Labute approximate surface area is 455 Å². The normalized spacial score (nSPS) is 13.9. The smallest absolute Gasteiger partial charge is 0.268 e. The number of carbonyl (C=O) groups excluding carboxylic acids is 1. The fourth-order valence-corrected chi connectivity index (χ4v) is 10.6. The van der Waals surface area contributed by atoms with Gasteiger partial charge in [-0.1, -0.05) is 314 Å². The minimum Gasteiger partial charge on any atom is -0.756 e. The van der Waals surface area contributed by atoms with Crippen molar-refractivity contribution < 1.29 is 32.9 Å². The minimum absolute atomic E-state index is 0.00357. The number of unbranched alkanes of at least 4 members (excludes halogenated alkanes) is 45. The average molecular weight is 1050 g/mol. The van der Waals surface area contributed by atoms with Gasteiger partial charge in [0.15, 0.2) is 0 Å². The summed E-state index contributed by atoms with van der Waals surface area (Å²) in [5, 5.41) is 13.9. The quantitative estimate of drug-likeness (QED) is 0.0272. The van der Waals surface area contributed by atoms with E-state index in [0.717, 1.165) is 38.5 Å². The highest BCUT2D eigenvalue weighted by atomic mass is 31.2. The highest BCUT2D eigenvalue weighted by Gasteiger charge is 2.23. The van der Waals surface area contributed by atoms with Crippen molar-refractivity contribution in [1.82, 2.24) is 5.32 Å². The number of phosphoric ester groups is 1. The molecule has 0 fully saturated rings. The maximum atomic E-state index is 13.0. The van der Waals surface area contributed by atoms with E-state index in [9.17, 15) is 19.4 Å². The molecule has 0 spiro atoms. The summed E-state index contributed by atoms with van der Waals surface area (Å²) in [6, 6.07) is -0.901. The van der Waals surface area contributed by atoms with E-state index in [1.807, 2.05) is 27.2 Å². The third kappa shape index (κ3) is 58.5. The molecule has 0 heterocycles. The molecule has 0 bridgehead atoms. The Balaban J connectivity index is 4.09.